The maximum atomic E-state index is 12.2. The molecule has 0 spiro atoms. The molecule has 3 rings (SSSR count). The van der Waals surface area contributed by atoms with E-state index in [1.807, 2.05) is 31.2 Å². The first-order chi connectivity index (χ1) is 9.79. The van der Waals surface area contributed by atoms with E-state index in [0.29, 0.717) is 5.69 Å². The number of nitrogens with zero attached hydrogens (tertiary/aromatic N) is 4. The minimum absolute atomic E-state index is 0.0441. The van der Waals surface area contributed by atoms with Gasteiger partial charge in [-0.3, -0.25) is 4.79 Å². The molecule has 0 unspecified atom stereocenters. The smallest absolute Gasteiger partial charge is 0.188 e. The van der Waals surface area contributed by atoms with Gasteiger partial charge in [-0.2, -0.15) is 0 Å². The standard InChI is InChI=1S/C15H14N4O/c1-2-19-13-6-4-3-5-11(13)18-15(19)9-14(20)12-7-8-16-10-17-12/h3-8,10H,2,9H2,1H3. The van der Waals surface area contributed by atoms with Gasteiger partial charge in [0, 0.05) is 12.7 Å². The molecule has 0 atom stereocenters. The van der Waals surface area contributed by atoms with Crippen LogP contribution in [0, 0.1) is 0 Å². The van der Waals surface area contributed by atoms with E-state index >= 15 is 0 Å². The van der Waals surface area contributed by atoms with Crippen LogP contribution in [0.25, 0.3) is 11.0 Å². The van der Waals surface area contributed by atoms with E-state index in [4.69, 9.17) is 0 Å². The van der Waals surface area contributed by atoms with Crippen LogP contribution >= 0.6 is 0 Å². The zero-order chi connectivity index (χ0) is 13.9. The number of carbonyl (C=O) groups is 1. The second-order valence-electron chi connectivity index (χ2n) is 4.46. The lowest BCUT2D eigenvalue weighted by Crippen LogP contribution is -2.11. The number of aryl methyl sites for hydroxylation is 1. The summed E-state index contributed by atoms with van der Waals surface area (Å²) < 4.78 is 2.06. The van der Waals surface area contributed by atoms with Gasteiger partial charge in [0.15, 0.2) is 5.78 Å². The molecule has 5 heteroatoms. The summed E-state index contributed by atoms with van der Waals surface area (Å²) >= 11 is 0. The third-order valence-corrected chi connectivity index (χ3v) is 3.24. The highest BCUT2D eigenvalue weighted by Crippen LogP contribution is 2.17. The molecule has 0 bridgehead atoms. The van der Waals surface area contributed by atoms with Gasteiger partial charge in [0.25, 0.3) is 0 Å². The number of hydrogen-bond acceptors (Lipinski definition) is 4. The second-order valence-corrected chi connectivity index (χ2v) is 4.46. The van der Waals surface area contributed by atoms with Gasteiger partial charge in [-0.25, -0.2) is 15.0 Å². The number of carbonyl (C=O) groups excluding carboxylic acids is 1. The van der Waals surface area contributed by atoms with Crippen LogP contribution in [0.3, 0.4) is 0 Å². The van der Waals surface area contributed by atoms with Crippen molar-refractivity contribution in [3.8, 4) is 0 Å². The first-order valence-corrected chi connectivity index (χ1v) is 6.53. The Bertz CT molecular complexity index is 749. The highest BCUT2D eigenvalue weighted by Gasteiger charge is 2.14. The zero-order valence-corrected chi connectivity index (χ0v) is 11.2. The van der Waals surface area contributed by atoms with Crippen LogP contribution in [0.1, 0.15) is 23.2 Å². The molecule has 0 aliphatic rings. The summed E-state index contributed by atoms with van der Waals surface area (Å²) in [4.78, 5) is 24.6. The first kappa shape index (κ1) is 12.5. The monoisotopic (exact) mass is 266 g/mol. The van der Waals surface area contributed by atoms with Gasteiger partial charge in [-0.1, -0.05) is 12.1 Å². The lowest BCUT2D eigenvalue weighted by atomic mass is 10.2. The van der Waals surface area contributed by atoms with Crippen molar-refractivity contribution in [1.82, 2.24) is 19.5 Å². The van der Waals surface area contributed by atoms with Gasteiger partial charge in [0.1, 0.15) is 17.8 Å². The van der Waals surface area contributed by atoms with E-state index in [0.717, 1.165) is 23.4 Å². The van der Waals surface area contributed by atoms with Crippen LogP contribution < -0.4 is 0 Å². The van der Waals surface area contributed by atoms with E-state index in [9.17, 15) is 4.79 Å². The molecule has 0 N–H and O–H groups in total. The SMILES string of the molecule is CCn1c(CC(=O)c2ccncn2)nc2ccccc21. The van der Waals surface area contributed by atoms with Crippen molar-refractivity contribution in [2.24, 2.45) is 0 Å². The summed E-state index contributed by atoms with van der Waals surface area (Å²) in [5, 5.41) is 0. The molecule has 1 aromatic carbocycles. The fourth-order valence-corrected chi connectivity index (χ4v) is 2.30. The molecule has 0 radical (unpaired) electrons. The highest BCUT2D eigenvalue weighted by molar-refractivity contribution is 5.95. The van der Waals surface area contributed by atoms with Crippen molar-refractivity contribution in [2.45, 2.75) is 19.9 Å². The van der Waals surface area contributed by atoms with Crippen LogP contribution in [-0.2, 0) is 13.0 Å². The molecular weight excluding hydrogens is 252 g/mol. The van der Waals surface area contributed by atoms with Crippen molar-refractivity contribution in [1.29, 1.82) is 0 Å². The fourth-order valence-electron chi connectivity index (χ4n) is 2.30. The number of ketones is 1. The quantitative estimate of drug-likeness (QED) is 0.680. The number of fused-ring (bicyclic) bond motifs is 1. The van der Waals surface area contributed by atoms with Crippen LogP contribution in [-0.4, -0.2) is 25.3 Å². The number of para-hydroxylation sites is 2. The van der Waals surface area contributed by atoms with Crippen LogP contribution in [0.4, 0.5) is 0 Å². The predicted molar refractivity (Wildman–Crippen MR) is 75.5 cm³/mol. The average molecular weight is 266 g/mol. The van der Waals surface area contributed by atoms with Gasteiger partial charge < -0.3 is 4.57 Å². The van der Waals surface area contributed by atoms with Crippen LogP contribution in [0.15, 0.2) is 42.9 Å². The number of aromatic nitrogens is 4. The minimum Gasteiger partial charge on any atom is -0.328 e. The summed E-state index contributed by atoms with van der Waals surface area (Å²) in [7, 11) is 0. The van der Waals surface area contributed by atoms with E-state index in [1.54, 1.807) is 12.3 Å². The van der Waals surface area contributed by atoms with Crippen molar-refractivity contribution in [3.05, 3.63) is 54.4 Å². The zero-order valence-electron chi connectivity index (χ0n) is 11.2. The molecule has 0 saturated heterocycles. The lowest BCUT2D eigenvalue weighted by molar-refractivity contribution is 0.0985. The van der Waals surface area contributed by atoms with Gasteiger partial charge in [-0.05, 0) is 25.1 Å². The Hall–Kier alpha value is -2.56. The molecule has 0 aliphatic carbocycles. The number of imidazole rings is 1. The van der Waals surface area contributed by atoms with E-state index in [-0.39, 0.29) is 12.2 Å². The van der Waals surface area contributed by atoms with Crippen molar-refractivity contribution >= 4 is 16.8 Å². The molecule has 2 heterocycles. The Kier molecular flexibility index (Phi) is 3.25. The summed E-state index contributed by atoms with van der Waals surface area (Å²) in [6.45, 7) is 2.83. The average Bonchev–Trinajstić information content (AvgIpc) is 2.85. The van der Waals surface area contributed by atoms with Gasteiger partial charge in [-0.15, -0.1) is 0 Å². The molecular formula is C15H14N4O. The fraction of sp³-hybridized carbons (Fsp3) is 0.200. The molecule has 0 amide bonds. The number of Topliss-reactive ketones (excluding diaryl/α,β-unsaturated/α-hetero) is 1. The third kappa shape index (κ3) is 2.18. The predicted octanol–water partition coefficient (Wildman–Crippen LogP) is 2.27. The van der Waals surface area contributed by atoms with E-state index < -0.39 is 0 Å². The summed E-state index contributed by atoms with van der Waals surface area (Å²) in [6.07, 6.45) is 3.21. The first-order valence-electron chi connectivity index (χ1n) is 6.53. The van der Waals surface area contributed by atoms with Gasteiger partial charge in [0.2, 0.25) is 0 Å². The maximum absolute atomic E-state index is 12.2. The van der Waals surface area contributed by atoms with Gasteiger partial charge >= 0.3 is 0 Å². The molecule has 3 aromatic rings. The third-order valence-electron chi connectivity index (χ3n) is 3.24. The topological polar surface area (TPSA) is 60.7 Å². The Morgan fingerprint density at radius 3 is 2.85 bits per heavy atom. The molecule has 0 aliphatic heterocycles. The van der Waals surface area contributed by atoms with Crippen molar-refractivity contribution in [2.75, 3.05) is 0 Å². The summed E-state index contributed by atoms with van der Waals surface area (Å²) in [5.41, 5.74) is 2.40. The Balaban J connectivity index is 1.97. The largest absolute Gasteiger partial charge is 0.328 e. The molecule has 2 aromatic heterocycles. The molecule has 5 nitrogen and oxygen atoms in total. The Morgan fingerprint density at radius 1 is 1.25 bits per heavy atom. The van der Waals surface area contributed by atoms with Crippen LogP contribution in [0.2, 0.25) is 0 Å². The van der Waals surface area contributed by atoms with Gasteiger partial charge in [0.05, 0.1) is 17.5 Å². The van der Waals surface area contributed by atoms with Crippen LogP contribution in [0.5, 0.6) is 0 Å². The molecule has 0 saturated carbocycles. The second kappa shape index (κ2) is 5.21. The number of benzene rings is 1. The van der Waals surface area contributed by atoms with Crippen molar-refractivity contribution in [3.63, 3.8) is 0 Å². The molecule has 20 heavy (non-hydrogen) atoms. The minimum atomic E-state index is -0.0441. The van der Waals surface area contributed by atoms with Crippen molar-refractivity contribution < 1.29 is 4.79 Å². The molecule has 100 valence electrons. The molecule has 0 fully saturated rings. The maximum Gasteiger partial charge on any atom is 0.188 e. The number of hydrogen-bond donors (Lipinski definition) is 0. The summed E-state index contributed by atoms with van der Waals surface area (Å²) in [6, 6.07) is 9.53. The number of rotatable bonds is 4. The Morgan fingerprint density at radius 2 is 2.10 bits per heavy atom. The van der Waals surface area contributed by atoms with E-state index in [1.165, 1.54) is 6.33 Å². The lowest BCUT2D eigenvalue weighted by Gasteiger charge is -2.05. The Labute approximate surface area is 116 Å². The normalized spacial score (nSPS) is 10.8. The summed E-state index contributed by atoms with van der Waals surface area (Å²) in [5.74, 6) is 0.731. The van der Waals surface area contributed by atoms with E-state index in [2.05, 4.69) is 19.5 Å². The highest BCUT2D eigenvalue weighted by atomic mass is 16.1.